The first-order valence-corrected chi connectivity index (χ1v) is 18.3. The molecule has 2 unspecified atom stereocenters. The molecule has 4 aliphatic rings. The molecule has 0 amide bonds. The van der Waals surface area contributed by atoms with E-state index in [4.69, 9.17) is 0 Å². The van der Waals surface area contributed by atoms with E-state index in [1.807, 2.05) is 0 Å². The fourth-order valence-electron chi connectivity index (χ4n) is 10.2. The molecule has 1 nitrogen and oxygen atoms in total. The number of hydrogen-bond donors (Lipinski definition) is 0. The Labute approximate surface area is 282 Å². The van der Waals surface area contributed by atoms with Gasteiger partial charge in [-0.1, -0.05) is 122 Å². The van der Waals surface area contributed by atoms with Crippen molar-refractivity contribution >= 4 is 23.1 Å². The number of rotatable bonds is 3. The van der Waals surface area contributed by atoms with Crippen LogP contribution in [0.4, 0.5) is 11.4 Å². The summed E-state index contributed by atoms with van der Waals surface area (Å²) in [6.45, 7) is 2.53. The summed E-state index contributed by atoms with van der Waals surface area (Å²) in [5.41, 5.74) is 17.6. The van der Waals surface area contributed by atoms with Gasteiger partial charge in [0.15, 0.2) is 0 Å². The molecule has 0 saturated heterocycles. The van der Waals surface area contributed by atoms with E-state index in [2.05, 4.69) is 169 Å². The lowest BCUT2D eigenvalue weighted by atomic mass is 9.70. The molecule has 1 saturated carbocycles. The second-order valence-electron chi connectivity index (χ2n) is 14.1. The van der Waals surface area contributed by atoms with Gasteiger partial charge in [-0.05, 0) is 118 Å². The molecule has 228 valence electrons. The summed E-state index contributed by atoms with van der Waals surface area (Å²) in [6.07, 6.45) is 7.32. The number of hydrogen-bond acceptors (Lipinski definition) is 2. The minimum atomic E-state index is -0.293. The SMILES string of the molecule is CSC12CCCCC1(C)N(c1ccccc1)c1ccc(-c3ccc4c(c3)-c3ccccc3C43c4ccccc4-c4ccccc43)cc12. The van der Waals surface area contributed by atoms with Gasteiger partial charge in [0, 0.05) is 11.4 Å². The zero-order chi connectivity index (χ0) is 31.4. The van der Waals surface area contributed by atoms with Crippen molar-refractivity contribution in [3.8, 4) is 33.4 Å². The monoisotopic (exact) mass is 623 g/mol. The highest BCUT2D eigenvalue weighted by atomic mass is 32.2. The Morgan fingerprint density at radius 3 is 1.70 bits per heavy atom. The van der Waals surface area contributed by atoms with E-state index < -0.39 is 0 Å². The summed E-state index contributed by atoms with van der Waals surface area (Å²) < 4.78 is 0.0527. The smallest absolute Gasteiger partial charge is 0.0725 e. The molecule has 0 aromatic heterocycles. The quantitative estimate of drug-likeness (QED) is 0.193. The van der Waals surface area contributed by atoms with Crippen molar-refractivity contribution in [2.75, 3.05) is 11.2 Å². The molecular weight excluding hydrogens is 587 g/mol. The summed E-state index contributed by atoms with van der Waals surface area (Å²) in [7, 11) is 0. The largest absolute Gasteiger partial charge is 0.334 e. The van der Waals surface area contributed by atoms with Crippen LogP contribution >= 0.6 is 11.8 Å². The third kappa shape index (κ3) is 3.32. The number of thioether (sulfide) groups is 1. The molecule has 6 aromatic rings. The Morgan fingerprint density at radius 2 is 1.04 bits per heavy atom. The van der Waals surface area contributed by atoms with Crippen LogP contribution in [-0.2, 0) is 10.2 Å². The van der Waals surface area contributed by atoms with Crippen LogP contribution in [0.3, 0.4) is 0 Å². The molecule has 0 N–H and O–H groups in total. The molecule has 0 radical (unpaired) electrons. The van der Waals surface area contributed by atoms with E-state index in [0.717, 1.165) is 0 Å². The van der Waals surface area contributed by atoms with Crippen molar-refractivity contribution in [1.29, 1.82) is 0 Å². The highest BCUT2D eigenvalue weighted by Gasteiger charge is 2.60. The van der Waals surface area contributed by atoms with Gasteiger partial charge in [0.25, 0.3) is 0 Å². The van der Waals surface area contributed by atoms with E-state index >= 15 is 0 Å². The topological polar surface area (TPSA) is 3.24 Å². The molecular formula is C45H37NS. The third-order valence-electron chi connectivity index (χ3n) is 12.2. The first-order valence-electron chi connectivity index (χ1n) is 17.1. The van der Waals surface area contributed by atoms with Gasteiger partial charge in [0.1, 0.15) is 0 Å². The van der Waals surface area contributed by atoms with Gasteiger partial charge < -0.3 is 4.90 Å². The molecule has 3 aliphatic carbocycles. The predicted molar refractivity (Wildman–Crippen MR) is 199 cm³/mol. The molecule has 47 heavy (non-hydrogen) atoms. The summed E-state index contributed by atoms with van der Waals surface area (Å²) in [6, 6.07) is 53.0. The van der Waals surface area contributed by atoms with Crippen molar-refractivity contribution in [1.82, 2.24) is 0 Å². The molecule has 0 bridgehead atoms. The molecule has 2 heteroatoms. The average molecular weight is 624 g/mol. The number of para-hydroxylation sites is 1. The molecule has 1 aliphatic heterocycles. The maximum Gasteiger partial charge on any atom is 0.0725 e. The summed E-state index contributed by atoms with van der Waals surface area (Å²) in [5.74, 6) is 0. The highest BCUT2D eigenvalue weighted by Crippen LogP contribution is 2.66. The minimum absolute atomic E-state index is 0.0273. The highest BCUT2D eigenvalue weighted by molar-refractivity contribution is 7.99. The van der Waals surface area contributed by atoms with E-state index in [-0.39, 0.29) is 15.7 Å². The average Bonchev–Trinajstić information content (AvgIpc) is 3.69. The van der Waals surface area contributed by atoms with Crippen LogP contribution in [0.1, 0.15) is 60.4 Å². The van der Waals surface area contributed by atoms with Crippen molar-refractivity contribution in [3.05, 3.63) is 167 Å². The Kier molecular flexibility index (Phi) is 5.72. The molecule has 10 rings (SSSR count). The van der Waals surface area contributed by atoms with Gasteiger partial charge in [-0.2, -0.15) is 11.8 Å². The van der Waals surface area contributed by atoms with Crippen molar-refractivity contribution in [2.24, 2.45) is 0 Å². The molecule has 1 spiro atoms. The van der Waals surface area contributed by atoms with Crippen LogP contribution in [0.5, 0.6) is 0 Å². The molecule has 6 aromatic carbocycles. The molecule has 1 heterocycles. The van der Waals surface area contributed by atoms with Crippen LogP contribution in [-0.4, -0.2) is 11.8 Å². The lowest BCUT2D eigenvalue weighted by molar-refractivity contribution is 0.262. The Bertz CT molecular complexity index is 2190. The standard InChI is InChI=1S/C45H37NS/c1-43-26-12-13-27-44(43,47-2)41-29-31(23-25-42(41)46(43)32-14-4-3-5-15-32)30-22-24-40-36(28-30)35-18-8-11-21-39(35)45(40)37-19-9-6-16-33(37)34-17-7-10-20-38(34)45/h3-11,14-25,28-29H,12-13,26-27H2,1-2H3. The maximum atomic E-state index is 2.68. The van der Waals surface area contributed by atoms with Crippen LogP contribution in [0.2, 0.25) is 0 Å². The first kappa shape index (κ1) is 27.6. The zero-order valence-corrected chi connectivity index (χ0v) is 27.8. The Morgan fingerprint density at radius 1 is 0.511 bits per heavy atom. The van der Waals surface area contributed by atoms with Crippen molar-refractivity contribution in [3.63, 3.8) is 0 Å². The van der Waals surface area contributed by atoms with Gasteiger partial charge >= 0.3 is 0 Å². The van der Waals surface area contributed by atoms with Gasteiger partial charge in [0.2, 0.25) is 0 Å². The summed E-state index contributed by atoms with van der Waals surface area (Å²) in [4.78, 5) is 2.68. The van der Waals surface area contributed by atoms with Crippen LogP contribution in [0.25, 0.3) is 33.4 Å². The van der Waals surface area contributed by atoms with E-state index in [0.29, 0.717) is 0 Å². The maximum absolute atomic E-state index is 2.68. The van der Waals surface area contributed by atoms with E-state index in [9.17, 15) is 0 Å². The van der Waals surface area contributed by atoms with Gasteiger partial charge in [-0.25, -0.2) is 0 Å². The van der Waals surface area contributed by atoms with Crippen molar-refractivity contribution in [2.45, 2.75) is 48.3 Å². The van der Waals surface area contributed by atoms with E-state index in [1.54, 1.807) is 0 Å². The van der Waals surface area contributed by atoms with Crippen LogP contribution < -0.4 is 4.90 Å². The number of benzene rings is 6. The third-order valence-corrected chi connectivity index (χ3v) is 13.7. The number of anilines is 2. The van der Waals surface area contributed by atoms with E-state index in [1.165, 1.54) is 98.3 Å². The summed E-state index contributed by atoms with van der Waals surface area (Å²) >= 11 is 2.08. The molecule has 1 fully saturated rings. The lowest BCUT2D eigenvalue weighted by Crippen LogP contribution is -2.54. The normalized spacial score (nSPS) is 22.3. The predicted octanol–water partition coefficient (Wildman–Crippen LogP) is 11.7. The zero-order valence-electron chi connectivity index (χ0n) is 27.0. The Hall–Kier alpha value is -4.53. The lowest BCUT2D eigenvalue weighted by Gasteiger charge is -2.51. The van der Waals surface area contributed by atoms with Crippen molar-refractivity contribution < 1.29 is 0 Å². The van der Waals surface area contributed by atoms with Crippen LogP contribution in [0.15, 0.2) is 140 Å². The minimum Gasteiger partial charge on any atom is -0.334 e. The summed E-state index contributed by atoms with van der Waals surface area (Å²) in [5, 5.41) is 0. The Balaban J connectivity index is 1.18. The molecule has 2 atom stereocenters. The van der Waals surface area contributed by atoms with Gasteiger partial charge in [0.05, 0.1) is 15.7 Å². The second kappa shape index (κ2) is 9.75. The first-order chi connectivity index (χ1) is 23.1. The van der Waals surface area contributed by atoms with Crippen LogP contribution in [0, 0.1) is 0 Å². The fourth-order valence-corrected chi connectivity index (χ4v) is 11.6. The van der Waals surface area contributed by atoms with Gasteiger partial charge in [-0.15, -0.1) is 0 Å². The second-order valence-corrected chi connectivity index (χ2v) is 15.2. The fraction of sp³-hybridized carbons (Fsp3) is 0.200. The number of fused-ring (bicyclic) bond motifs is 13. The number of nitrogens with zero attached hydrogens (tertiary/aromatic N) is 1. The van der Waals surface area contributed by atoms with Gasteiger partial charge in [-0.3, -0.25) is 0 Å².